The third-order valence-electron chi connectivity index (χ3n) is 5.42. The molecule has 0 fully saturated rings. The summed E-state index contributed by atoms with van der Waals surface area (Å²) in [7, 11) is 5.59. The van der Waals surface area contributed by atoms with E-state index in [2.05, 4.69) is 15.4 Å². The van der Waals surface area contributed by atoms with Crippen LogP contribution in [0.1, 0.15) is 22.2 Å². The zero-order chi connectivity index (χ0) is 23.2. The highest BCUT2D eigenvalue weighted by atomic mass is 16.5. The second-order valence-electron chi connectivity index (χ2n) is 7.80. The molecule has 0 bridgehead atoms. The van der Waals surface area contributed by atoms with Crippen LogP contribution in [0.25, 0.3) is 17.1 Å². The van der Waals surface area contributed by atoms with Crippen molar-refractivity contribution in [1.29, 1.82) is 0 Å². The number of methoxy groups -OCH3 is 1. The number of hydrogen-bond donors (Lipinski definition) is 1. The first-order valence-corrected chi connectivity index (χ1v) is 10.7. The molecule has 1 aromatic heterocycles. The third-order valence-corrected chi connectivity index (χ3v) is 5.42. The molecule has 33 heavy (non-hydrogen) atoms. The number of benzene rings is 3. The van der Waals surface area contributed by atoms with E-state index in [9.17, 15) is 4.79 Å². The smallest absolute Gasteiger partial charge is 0.291 e. The summed E-state index contributed by atoms with van der Waals surface area (Å²) < 4.78 is 7.22. The normalized spacial score (nSPS) is 11.9. The molecule has 1 unspecified atom stereocenters. The molecule has 1 N–H and O–H groups in total. The highest BCUT2D eigenvalue weighted by Gasteiger charge is 2.22. The first kappa shape index (κ1) is 22.2. The van der Waals surface area contributed by atoms with Gasteiger partial charge in [0.2, 0.25) is 5.82 Å². The maximum absolute atomic E-state index is 13.1. The van der Waals surface area contributed by atoms with E-state index in [-0.39, 0.29) is 17.8 Å². The Hall–Kier alpha value is -3.97. The van der Waals surface area contributed by atoms with Gasteiger partial charge in [0.25, 0.3) is 5.91 Å². The van der Waals surface area contributed by atoms with Gasteiger partial charge in [0.05, 0.1) is 18.8 Å². The average molecular weight is 442 g/mol. The molecule has 0 aliphatic heterocycles. The molecular weight excluding hydrogens is 414 g/mol. The van der Waals surface area contributed by atoms with Gasteiger partial charge in [-0.15, -0.1) is 5.10 Å². The number of aromatic nitrogens is 3. The molecule has 0 radical (unpaired) electrons. The van der Waals surface area contributed by atoms with Crippen molar-refractivity contribution in [2.45, 2.75) is 6.04 Å². The average Bonchev–Trinajstić information content (AvgIpc) is 3.31. The van der Waals surface area contributed by atoms with E-state index in [0.29, 0.717) is 12.4 Å². The van der Waals surface area contributed by atoms with Gasteiger partial charge >= 0.3 is 0 Å². The van der Waals surface area contributed by atoms with Gasteiger partial charge in [-0.25, -0.2) is 9.67 Å². The largest absolute Gasteiger partial charge is 0.496 e. The van der Waals surface area contributed by atoms with E-state index in [1.165, 1.54) is 0 Å². The molecule has 0 saturated carbocycles. The van der Waals surface area contributed by atoms with E-state index >= 15 is 0 Å². The van der Waals surface area contributed by atoms with Gasteiger partial charge in [0, 0.05) is 17.7 Å². The summed E-state index contributed by atoms with van der Waals surface area (Å²) in [6.07, 6.45) is 0. The molecule has 0 spiro atoms. The Bertz CT molecular complexity index is 1150. The second kappa shape index (κ2) is 10.1. The van der Waals surface area contributed by atoms with Gasteiger partial charge in [-0.2, -0.15) is 0 Å². The minimum Gasteiger partial charge on any atom is -0.496 e. The maximum Gasteiger partial charge on any atom is 0.291 e. The lowest BCUT2D eigenvalue weighted by Crippen LogP contribution is -2.35. The topological polar surface area (TPSA) is 72.3 Å². The Balaban J connectivity index is 1.61. The first-order chi connectivity index (χ1) is 16.1. The third kappa shape index (κ3) is 4.94. The summed E-state index contributed by atoms with van der Waals surface area (Å²) in [5, 5.41) is 7.54. The molecule has 0 aliphatic carbocycles. The van der Waals surface area contributed by atoms with Crippen LogP contribution in [0.4, 0.5) is 0 Å². The fourth-order valence-electron chi connectivity index (χ4n) is 3.71. The van der Waals surface area contributed by atoms with Gasteiger partial charge in [-0.3, -0.25) is 4.79 Å². The molecule has 1 atom stereocenters. The number of amides is 1. The zero-order valence-corrected chi connectivity index (χ0v) is 19.0. The number of nitrogens with zero attached hydrogens (tertiary/aromatic N) is 4. The number of likely N-dealkylation sites (N-methyl/N-ethyl adjacent to an activating group) is 1. The van der Waals surface area contributed by atoms with Crippen molar-refractivity contribution in [3.63, 3.8) is 0 Å². The highest BCUT2D eigenvalue weighted by Crippen LogP contribution is 2.27. The molecule has 168 valence electrons. The van der Waals surface area contributed by atoms with Crippen LogP contribution in [0.5, 0.6) is 5.75 Å². The summed E-state index contributed by atoms with van der Waals surface area (Å²) in [4.78, 5) is 19.7. The van der Waals surface area contributed by atoms with Crippen molar-refractivity contribution in [3.8, 4) is 22.8 Å². The lowest BCUT2D eigenvalue weighted by Gasteiger charge is -2.26. The van der Waals surface area contributed by atoms with Crippen molar-refractivity contribution < 1.29 is 9.53 Å². The summed E-state index contributed by atoms with van der Waals surface area (Å²) in [5.41, 5.74) is 2.72. The van der Waals surface area contributed by atoms with Gasteiger partial charge in [-0.1, -0.05) is 66.7 Å². The lowest BCUT2D eigenvalue weighted by atomic mass is 10.0. The molecule has 1 heterocycles. The van der Waals surface area contributed by atoms with Crippen LogP contribution in [0.3, 0.4) is 0 Å². The van der Waals surface area contributed by atoms with Crippen molar-refractivity contribution in [2.75, 3.05) is 27.7 Å². The van der Waals surface area contributed by atoms with Crippen LogP contribution in [0.15, 0.2) is 84.9 Å². The van der Waals surface area contributed by atoms with Gasteiger partial charge in [0.15, 0.2) is 5.82 Å². The van der Waals surface area contributed by atoms with Crippen LogP contribution in [-0.2, 0) is 0 Å². The summed E-state index contributed by atoms with van der Waals surface area (Å²) in [6.45, 7) is 0.382. The first-order valence-electron chi connectivity index (χ1n) is 10.7. The van der Waals surface area contributed by atoms with E-state index in [1.807, 2.05) is 104 Å². The highest BCUT2D eigenvalue weighted by molar-refractivity contribution is 5.91. The molecule has 3 aromatic carbocycles. The number of nitrogens with one attached hydrogen (secondary N) is 1. The molecule has 0 aliphatic rings. The second-order valence-corrected chi connectivity index (χ2v) is 7.80. The number of rotatable bonds is 8. The van der Waals surface area contributed by atoms with E-state index < -0.39 is 0 Å². The summed E-state index contributed by atoms with van der Waals surface area (Å²) >= 11 is 0. The minimum absolute atomic E-state index is 0.0742. The van der Waals surface area contributed by atoms with E-state index in [1.54, 1.807) is 11.8 Å². The molecule has 7 heteroatoms. The Morgan fingerprint density at radius 1 is 0.970 bits per heavy atom. The summed E-state index contributed by atoms with van der Waals surface area (Å²) in [6, 6.07) is 27.1. The number of carbonyl (C=O) groups is 1. The predicted octanol–water partition coefficient (Wildman–Crippen LogP) is 3.98. The van der Waals surface area contributed by atoms with Gasteiger partial charge in [-0.05, 0) is 32.3 Å². The zero-order valence-electron chi connectivity index (χ0n) is 19.0. The Morgan fingerprint density at radius 3 is 2.27 bits per heavy atom. The number of para-hydroxylation sites is 2. The minimum atomic E-state index is -0.330. The van der Waals surface area contributed by atoms with Crippen molar-refractivity contribution in [3.05, 3.63) is 96.3 Å². The standard InChI is InChI=1S/C26H27N5O2/c1-30(2)22(21-16-10-11-17-23(21)33-3)18-27-26(32)24-28-25(19-12-6-4-7-13-19)31(29-24)20-14-8-5-9-15-20/h4-17,22H,18H2,1-3H3,(H,27,32). The summed E-state index contributed by atoms with van der Waals surface area (Å²) in [5.74, 6) is 1.18. The van der Waals surface area contributed by atoms with Crippen LogP contribution in [0, 0.1) is 0 Å². The molecular formula is C26H27N5O2. The molecule has 1 amide bonds. The monoisotopic (exact) mass is 441 g/mol. The van der Waals surface area contributed by atoms with Gasteiger partial charge < -0.3 is 15.0 Å². The fraction of sp³-hybridized carbons (Fsp3) is 0.192. The van der Waals surface area contributed by atoms with Crippen LogP contribution in [-0.4, -0.2) is 53.3 Å². The Morgan fingerprint density at radius 2 is 1.61 bits per heavy atom. The molecule has 7 nitrogen and oxygen atoms in total. The van der Waals surface area contributed by atoms with Gasteiger partial charge in [0.1, 0.15) is 5.75 Å². The van der Waals surface area contributed by atoms with Crippen LogP contribution in [0.2, 0.25) is 0 Å². The quantitative estimate of drug-likeness (QED) is 0.448. The predicted molar refractivity (Wildman–Crippen MR) is 129 cm³/mol. The molecule has 0 saturated heterocycles. The molecule has 4 aromatic rings. The fourth-order valence-corrected chi connectivity index (χ4v) is 3.71. The molecule has 4 rings (SSSR count). The number of carbonyl (C=O) groups excluding carboxylic acids is 1. The maximum atomic E-state index is 13.1. The SMILES string of the molecule is COc1ccccc1C(CNC(=O)c1nc(-c2ccccc2)n(-c2ccccc2)n1)N(C)C. The van der Waals surface area contributed by atoms with Crippen molar-refractivity contribution in [2.24, 2.45) is 0 Å². The van der Waals surface area contributed by atoms with Crippen LogP contribution >= 0.6 is 0 Å². The Labute approximate surface area is 193 Å². The van der Waals surface area contributed by atoms with Crippen molar-refractivity contribution >= 4 is 5.91 Å². The Kier molecular flexibility index (Phi) is 6.80. The van der Waals surface area contributed by atoms with E-state index in [4.69, 9.17) is 4.74 Å². The number of ether oxygens (including phenoxy) is 1. The number of hydrogen-bond acceptors (Lipinski definition) is 5. The van der Waals surface area contributed by atoms with E-state index in [0.717, 1.165) is 22.6 Å². The van der Waals surface area contributed by atoms with Crippen LogP contribution < -0.4 is 10.1 Å². The van der Waals surface area contributed by atoms with Crippen molar-refractivity contribution in [1.82, 2.24) is 25.0 Å². The lowest BCUT2D eigenvalue weighted by molar-refractivity contribution is 0.0931.